The Hall–Kier alpha value is -2.62. The third kappa shape index (κ3) is 3.34. The van der Waals surface area contributed by atoms with Crippen LogP contribution in [0.2, 0.25) is 0 Å². The first-order chi connectivity index (χ1) is 10.7. The van der Waals surface area contributed by atoms with E-state index in [2.05, 4.69) is 0 Å². The van der Waals surface area contributed by atoms with Gasteiger partial charge in [0.15, 0.2) is 0 Å². The first-order valence-electron chi connectivity index (χ1n) is 7.32. The number of hydrogen-bond donors (Lipinski definition) is 1. The number of nitrogens with two attached hydrogens (primary N) is 1. The summed E-state index contributed by atoms with van der Waals surface area (Å²) in [6, 6.07) is 20.0. The zero-order valence-electron chi connectivity index (χ0n) is 12.2. The van der Waals surface area contributed by atoms with Gasteiger partial charge in [-0.05, 0) is 12.8 Å². The van der Waals surface area contributed by atoms with Gasteiger partial charge in [0, 0.05) is 11.1 Å². The van der Waals surface area contributed by atoms with Crippen LogP contribution in [0.1, 0.15) is 24.0 Å². The van der Waals surface area contributed by atoms with Crippen molar-refractivity contribution in [2.45, 2.75) is 18.4 Å². The molecule has 1 saturated carbocycles. The Morgan fingerprint density at radius 3 is 1.91 bits per heavy atom. The van der Waals surface area contributed by atoms with E-state index in [1.54, 1.807) is 0 Å². The lowest BCUT2D eigenvalue weighted by Crippen LogP contribution is -2.27. The Kier molecular flexibility index (Phi) is 3.92. The first-order valence-corrected chi connectivity index (χ1v) is 7.32. The summed E-state index contributed by atoms with van der Waals surface area (Å²) in [4.78, 5) is 15.7. The van der Waals surface area contributed by atoms with Gasteiger partial charge in [-0.2, -0.15) is 0 Å². The summed E-state index contributed by atoms with van der Waals surface area (Å²) in [5.41, 5.74) is 7.63. The number of benzene rings is 2. The van der Waals surface area contributed by atoms with Gasteiger partial charge in [-0.25, -0.2) is 4.79 Å². The molecule has 2 aromatic carbocycles. The molecule has 0 unspecified atom stereocenters. The zero-order chi connectivity index (χ0) is 15.4. The normalized spacial score (nSPS) is 14.9. The van der Waals surface area contributed by atoms with Crippen molar-refractivity contribution in [2.24, 2.45) is 10.7 Å². The number of carbonyl (C=O) groups excluding carboxylic acids is 1. The zero-order valence-corrected chi connectivity index (χ0v) is 12.2. The second-order valence-corrected chi connectivity index (χ2v) is 5.50. The molecule has 1 aliphatic rings. The lowest BCUT2D eigenvalue weighted by atomic mass is 10.0. The molecule has 0 radical (unpaired) electrons. The van der Waals surface area contributed by atoms with Crippen LogP contribution < -0.4 is 5.73 Å². The van der Waals surface area contributed by atoms with Crippen molar-refractivity contribution in [3.8, 4) is 0 Å². The molecule has 0 saturated heterocycles. The van der Waals surface area contributed by atoms with Crippen molar-refractivity contribution in [2.75, 3.05) is 6.54 Å². The average Bonchev–Trinajstić information content (AvgIpc) is 3.28. The molecule has 0 aliphatic heterocycles. The summed E-state index contributed by atoms with van der Waals surface area (Å²) >= 11 is 0. The molecule has 0 aromatic heterocycles. The first kappa shape index (κ1) is 14.3. The van der Waals surface area contributed by atoms with Crippen LogP contribution in [0.5, 0.6) is 0 Å². The maximum Gasteiger partial charge on any atom is 0.405 e. The van der Waals surface area contributed by atoms with Crippen molar-refractivity contribution in [1.82, 2.24) is 0 Å². The van der Waals surface area contributed by atoms with Crippen molar-refractivity contribution in [3.63, 3.8) is 0 Å². The van der Waals surface area contributed by atoms with E-state index < -0.39 is 11.7 Å². The number of ether oxygens (including phenoxy) is 1. The minimum Gasteiger partial charge on any atom is -0.441 e. The van der Waals surface area contributed by atoms with Gasteiger partial charge in [0.05, 0.1) is 12.3 Å². The van der Waals surface area contributed by atoms with Crippen LogP contribution in [-0.2, 0) is 4.74 Å². The van der Waals surface area contributed by atoms with E-state index in [4.69, 9.17) is 15.5 Å². The maximum atomic E-state index is 11.0. The second kappa shape index (κ2) is 6.02. The Morgan fingerprint density at radius 2 is 1.50 bits per heavy atom. The number of hydrogen-bond acceptors (Lipinski definition) is 3. The SMILES string of the molecule is NC(=O)OC1(CN=C(c2ccccc2)c2ccccc2)CC1. The molecule has 1 aliphatic carbocycles. The number of carbonyl (C=O) groups is 1. The van der Waals surface area contributed by atoms with Crippen LogP contribution in [0, 0.1) is 0 Å². The molecule has 0 atom stereocenters. The molecular weight excluding hydrogens is 276 g/mol. The molecule has 4 nitrogen and oxygen atoms in total. The van der Waals surface area contributed by atoms with Gasteiger partial charge >= 0.3 is 6.09 Å². The average molecular weight is 294 g/mol. The Balaban J connectivity index is 1.89. The molecule has 0 heterocycles. The third-order valence-corrected chi connectivity index (χ3v) is 3.74. The molecule has 22 heavy (non-hydrogen) atoms. The molecule has 4 heteroatoms. The summed E-state index contributed by atoms with van der Waals surface area (Å²) in [6.07, 6.45) is 0.903. The fourth-order valence-electron chi connectivity index (χ4n) is 2.41. The summed E-state index contributed by atoms with van der Waals surface area (Å²) in [5, 5.41) is 0. The summed E-state index contributed by atoms with van der Waals surface area (Å²) < 4.78 is 5.20. The minimum atomic E-state index is -0.728. The highest BCUT2D eigenvalue weighted by Gasteiger charge is 2.46. The molecule has 2 N–H and O–H groups in total. The van der Waals surface area contributed by atoms with E-state index in [0.29, 0.717) is 6.54 Å². The Bertz CT molecular complexity index is 635. The van der Waals surface area contributed by atoms with Gasteiger partial charge in [-0.1, -0.05) is 60.7 Å². The van der Waals surface area contributed by atoms with E-state index in [1.807, 2.05) is 60.7 Å². The van der Waals surface area contributed by atoms with Gasteiger partial charge in [-0.3, -0.25) is 4.99 Å². The summed E-state index contributed by atoms with van der Waals surface area (Å²) in [7, 11) is 0. The lowest BCUT2D eigenvalue weighted by Gasteiger charge is -2.14. The van der Waals surface area contributed by atoms with E-state index >= 15 is 0 Å². The van der Waals surface area contributed by atoms with Crippen molar-refractivity contribution in [1.29, 1.82) is 0 Å². The molecule has 1 amide bonds. The highest BCUT2D eigenvalue weighted by Crippen LogP contribution is 2.40. The number of primary amides is 1. The smallest absolute Gasteiger partial charge is 0.405 e. The summed E-state index contributed by atoms with van der Waals surface area (Å²) in [6.45, 7) is 0.440. The van der Waals surface area contributed by atoms with Gasteiger partial charge in [0.25, 0.3) is 0 Å². The van der Waals surface area contributed by atoms with E-state index in [-0.39, 0.29) is 0 Å². The molecule has 0 spiro atoms. The van der Waals surface area contributed by atoms with Crippen molar-refractivity contribution in [3.05, 3.63) is 71.8 Å². The number of rotatable bonds is 5. The molecule has 0 bridgehead atoms. The van der Waals surface area contributed by atoms with Crippen molar-refractivity contribution >= 4 is 11.8 Å². The minimum absolute atomic E-state index is 0.440. The second-order valence-electron chi connectivity index (χ2n) is 5.50. The fourth-order valence-corrected chi connectivity index (χ4v) is 2.41. The summed E-state index contributed by atoms with van der Waals surface area (Å²) in [5.74, 6) is 0. The van der Waals surface area contributed by atoms with Crippen LogP contribution in [0.3, 0.4) is 0 Å². The predicted molar refractivity (Wildman–Crippen MR) is 86.0 cm³/mol. The van der Waals surface area contributed by atoms with Crippen molar-refractivity contribution < 1.29 is 9.53 Å². The van der Waals surface area contributed by atoms with Gasteiger partial charge in [0.1, 0.15) is 5.60 Å². The monoisotopic (exact) mass is 294 g/mol. The number of aliphatic imine (C=N–C) groups is 1. The standard InChI is InChI=1S/C18H18N2O2/c19-17(21)22-18(11-12-18)13-20-16(14-7-3-1-4-8-14)15-9-5-2-6-10-15/h1-10H,11-13H2,(H2,19,21). The predicted octanol–water partition coefficient (Wildman–Crippen LogP) is 3.15. The fraction of sp³-hybridized carbons (Fsp3) is 0.222. The molecular formula is C18H18N2O2. The largest absolute Gasteiger partial charge is 0.441 e. The van der Waals surface area contributed by atoms with Gasteiger partial charge in [-0.15, -0.1) is 0 Å². The number of amides is 1. The molecule has 1 fully saturated rings. The number of nitrogens with zero attached hydrogens (tertiary/aromatic N) is 1. The van der Waals surface area contributed by atoms with Crippen LogP contribution >= 0.6 is 0 Å². The van der Waals surface area contributed by atoms with E-state index in [1.165, 1.54) is 0 Å². The van der Waals surface area contributed by atoms with Crippen LogP contribution in [0.15, 0.2) is 65.7 Å². The van der Waals surface area contributed by atoms with Crippen LogP contribution in [-0.4, -0.2) is 24.0 Å². The highest BCUT2D eigenvalue weighted by atomic mass is 16.6. The van der Waals surface area contributed by atoms with Crippen LogP contribution in [0.25, 0.3) is 0 Å². The lowest BCUT2D eigenvalue weighted by molar-refractivity contribution is 0.0964. The van der Waals surface area contributed by atoms with Gasteiger partial charge < -0.3 is 10.5 Å². The molecule has 2 aromatic rings. The Morgan fingerprint density at radius 1 is 1.00 bits per heavy atom. The van der Waals surface area contributed by atoms with Gasteiger partial charge in [0.2, 0.25) is 0 Å². The molecule has 3 rings (SSSR count). The van der Waals surface area contributed by atoms with Crippen LogP contribution in [0.4, 0.5) is 4.79 Å². The highest BCUT2D eigenvalue weighted by molar-refractivity contribution is 6.12. The van der Waals surface area contributed by atoms with E-state index in [9.17, 15) is 4.79 Å². The maximum absolute atomic E-state index is 11.0. The van der Waals surface area contributed by atoms with E-state index in [0.717, 1.165) is 29.7 Å². The quantitative estimate of drug-likeness (QED) is 0.861. The molecule has 112 valence electrons. The Labute approximate surface area is 129 Å². The topological polar surface area (TPSA) is 64.7 Å². The third-order valence-electron chi connectivity index (χ3n) is 3.74.